The topological polar surface area (TPSA) is 29.5 Å². The Balaban J connectivity index is 1.83. The van der Waals surface area contributed by atoms with Crippen LogP contribution in [0.1, 0.15) is 6.92 Å². The molecule has 0 fully saturated rings. The van der Waals surface area contributed by atoms with E-state index < -0.39 is 0 Å². The van der Waals surface area contributed by atoms with E-state index in [1.54, 1.807) is 4.90 Å². The molecule has 0 N–H and O–H groups in total. The van der Waals surface area contributed by atoms with Crippen molar-refractivity contribution in [1.29, 1.82) is 0 Å². The molecule has 0 aliphatic heterocycles. The quantitative estimate of drug-likeness (QED) is 0.617. The Labute approximate surface area is 150 Å². The summed E-state index contributed by atoms with van der Waals surface area (Å²) >= 11 is 3.43. The summed E-state index contributed by atoms with van der Waals surface area (Å²) in [5.74, 6) is 0.601. The number of para-hydroxylation sites is 1. The van der Waals surface area contributed by atoms with Crippen molar-refractivity contribution in [2.45, 2.75) is 6.92 Å². The maximum Gasteiger partial charge on any atom is 0.264 e. The van der Waals surface area contributed by atoms with Crippen LogP contribution in [0.25, 0.3) is 10.8 Å². The Bertz CT molecular complexity index is 858. The lowest BCUT2D eigenvalue weighted by Gasteiger charge is -2.23. The summed E-state index contributed by atoms with van der Waals surface area (Å²) in [5, 5.41) is 2.18. The molecule has 0 unspecified atom stereocenters. The Hall–Kier alpha value is -2.33. The molecule has 0 spiro atoms. The van der Waals surface area contributed by atoms with E-state index in [0.29, 0.717) is 12.3 Å². The number of halogens is 1. The molecule has 3 aromatic carbocycles. The number of carbonyl (C=O) groups excluding carboxylic acids is 1. The zero-order valence-corrected chi connectivity index (χ0v) is 15.0. The molecule has 0 heterocycles. The molecule has 24 heavy (non-hydrogen) atoms. The zero-order chi connectivity index (χ0) is 16.9. The van der Waals surface area contributed by atoms with Gasteiger partial charge in [0.1, 0.15) is 5.75 Å². The van der Waals surface area contributed by atoms with Crippen LogP contribution in [-0.2, 0) is 4.79 Å². The van der Waals surface area contributed by atoms with Crippen LogP contribution >= 0.6 is 15.9 Å². The highest BCUT2D eigenvalue weighted by molar-refractivity contribution is 9.10. The van der Waals surface area contributed by atoms with E-state index in [0.717, 1.165) is 20.9 Å². The lowest BCUT2D eigenvalue weighted by Crippen LogP contribution is -2.35. The molecule has 0 saturated heterocycles. The monoisotopic (exact) mass is 383 g/mol. The van der Waals surface area contributed by atoms with E-state index in [9.17, 15) is 4.79 Å². The molecule has 0 radical (unpaired) electrons. The highest BCUT2D eigenvalue weighted by atomic mass is 79.9. The van der Waals surface area contributed by atoms with Gasteiger partial charge >= 0.3 is 0 Å². The van der Waals surface area contributed by atoms with Gasteiger partial charge in [0.15, 0.2) is 6.61 Å². The maximum absolute atomic E-state index is 12.7. The Morgan fingerprint density at radius 3 is 2.50 bits per heavy atom. The normalized spacial score (nSPS) is 10.6. The van der Waals surface area contributed by atoms with Crippen LogP contribution in [0.3, 0.4) is 0 Å². The van der Waals surface area contributed by atoms with E-state index in [1.165, 1.54) is 0 Å². The third kappa shape index (κ3) is 3.44. The highest BCUT2D eigenvalue weighted by Crippen LogP contribution is 2.27. The molecule has 3 rings (SSSR count). The molecular weight excluding hydrogens is 366 g/mol. The minimum atomic E-state index is -0.0652. The first kappa shape index (κ1) is 16.5. The van der Waals surface area contributed by atoms with Crippen molar-refractivity contribution >= 4 is 38.3 Å². The Morgan fingerprint density at radius 2 is 1.71 bits per heavy atom. The first-order chi connectivity index (χ1) is 11.7. The summed E-state index contributed by atoms with van der Waals surface area (Å²) in [5.41, 5.74) is 0.913. The molecule has 0 aromatic heterocycles. The number of carbonyl (C=O) groups is 1. The van der Waals surface area contributed by atoms with Crippen molar-refractivity contribution in [3.8, 4) is 5.75 Å². The van der Waals surface area contributed by atoms with E-state index in [2.05, 4.69) is 28.1 Å². The molecule has 1 amide bonds. The smallest absolute Gasteiger partial charge is 0.264 e. The molecule has 0 saturated carbocycles. The van der Waals surface area contributed by atoms with Gasteiger partial charge in [-0.2, -0.15) is 0 Å². The van der Waals surface area contributed by atoms with Gasteiger partial charge in [-0.25, -0.2) is 0 Å². The highest BCUT2D eigenvalue weighted by Gasteiger charge is 2.17. The van der Waals surface area contributed by atoms with Crippen LogP contribution in [-0.4, -0.2) is 19.1 Å². The minimum absolute atomic E-state index is 0.000323. The fraction of sp³-hybridized carbons (Fsp3) is 0.150. The van der Waals surface area contributed by atoms with Crippen LogP contribution in [0.15, 0.2) is 71.2 Å². The number of ether oxygens (including phenoxy) is 1. The van der Waals surface area contributed by atoms with E-state index in [4.69, 9.17) is 4.74 Å². The Morgan fingerprint density at radius 1 is 1.00 bits per heavy atom. The second-order valence-corrected chi connectivity index (χ2v) is 6.21. The zero-order valence-electron chi connectivity index (χ0n) is 13.4. The third-order valence-electron chi connectivity index (χ3n) is 3.86. The van der Waals surface area contributed by atoms with Crippen molar-refractivity contribution in [2.24, 2.45) is 0 Å². The number of amides is 1. The number of fused-ring (bicyclic) bond motifs is 1. The summed E-state index contributed by atoms with van der Waals surface area (Å²) in [6.07, 6.45) is 0. The average molecular weight is 384 g/mol. The number of anilines is 1. The van der Waals surface area contributed by atoms with Gasteiger partial charge in [-0.05, 0) is 46.4 Å². The van der Waals surface area contributed by atoms with Gasteiger partial charge in [-0.1, -0.05) is 48.5 Å². The minimum Gasteiger partial charge on any atom is -0.483 e. The summed E-state index contributed by atoms with van der Waals surface area (Å²) in [6, 6.07) is 21.6. The maximum atomic E-state index is 12.7. The van der Waals surface area contributed by atoms with Crippen LogP contribution in [0.2, 0.25) is 0 Å². The summed E-state index contributed by atoms with van der Waals surface area (Å²) in [4.78, 5) is 14.5. The number of hydrogen-bond acceptors (Lipinski definition) is 2. The van der Waals surface area contributed by atoms with Crippen LogP contribution < -0.4 is 9.64 Å². The summed E-state index contributed by atoms with van der Waals surface area (Å²) < 4.78 is 6.52. The molecule has 3 nitrogen and oxygen atoms in total. The second kappa shape index (κ2) is 7.49. The van der Waals surface area contributed by atoms with Crippen LogP contribution in [0.4, 0.5) is 5.69 Å². The largest absolute Gasteiger partial charge is 0.483 e. The second-order valence-electron chi connectivity index (χ2n) is 5.36. The fourth-order valence-electron chi connectivity index (χ4n) is 2.70. The van der Waals surface area contributed by atoms with Gasteiger partial charge in [-0.3, -0.25) is 4.79 Å². The molecule has 0 bridgehead atoms. The van der Waals surface area contributed by atoms with Gasteiger partial charge in [0.25, 0.3) is 5.91 Å². The number of benzene rings is 3. The number of hydrogen-bond donors (Lipinski definition) is 0. The van der Waals surface area contributed by atoms with Crippen LogP contribution in [0, 0.1) is 0 Å². The van der Waals surface area contributed by atoms with Crippen molar-refractivity contribution < 1.29 is 9.53 Å². The predicted octanol–water partition coefficient (Wildman–Crippen LogP) is 5.03. The molecule has 3 aromatic rings. The molecule has 0 aliphatic carbocycles. The predicted molar refractivity (Wildman–Crippen MR) is 102 cm³/mol. The van der Waals surface area contributed by atoms with Gasteiger partial charge in [0.05, 0.1) is 10.2 Å². The van der Waals surface area contributed by atoms with E-state index in [-0.39, 0.29) is 12.5 Å². The molecule has 122 valence electrons. The standard InChI is InChI=1S/C20H18BrNO2/c1-2-22(18-12-7-9-15-8-3-4-10-16(15)18)20(23)14-24-19-13-6-5-11-17(19)21/h3-13H,2,14H2,1H3. The molecule has 4 heteroatoms. The van der Waals surface area contributed by atoms with Gasteiger partial charge in [0.2, 0.25) is 0 Å². The van der Waals surface area contributed by atoms with Gasteiger partial charge in [0, 0.05) is 11.9 Å². The van der Waals surface area contributed by atoms with E-state index in [1.807, 2.05) is 61.5 Å². The first-order valence-electron chi connectivity index (χ1n) is 7.86. The van der Waals surface area contributed by atoms with Crippen molar-refractivity contribution in [1.82, 2.24) is 0 Å². The van der Waals surface area contributed by atoms with Crippen LogP contribution in [0.5, 0.6) is 5.75 Å². The van der Waals surface area contributed by atoms with E-state index >= 15 is 0 Å². The molecule has 0 aliphatic rings. The molecular formula is C20H18BrNO2. The number of likely N-dealkylation sites (N-methyl/N-ethyl adjacent to an activating group) is 1. The van der Waals surface area contributed by atoms with Gasteiger partial charge < -0.3 is 9.64 Å². The number of rotatable bonds is 5. The summed E-state index contributed by atoms with van der Waals surface area (Å²) in [7, 11) is 0. The van der Waals surface area contributed by atoms with Gasteiger partial charge in [-0.15, -0.1) is 0 Å². The SMILES string of the molecule is CCN(C(=O)COc1ccccc1Br)c1cccc2ccccc12. The Kier molecular flexibility index (Phi) is 5.16. The lowest BCUT2D eigenvalue weighted by molar-refractivity contribution is -0.120. The molecule has 0 atom stereocenters. The summed E-state index contributed by atoms with van der Waals surface area (Å²) in [6.45, 7) is 2.56. The lowest BCUT2D eigenvalue weighted by atomic mass is 10.1. The third-order valence-corrected chi connectivity index (χ3v) is 4.52. The first-order valence-corrected chi connectivity index (χ1v) is 8.65. The van der Waals surface area contributed by atoms with Crippen molar-refractivity contribution in [3.63, 3.8) is 0 Å². The van der Waals surface area contributed by atoms with Crippen molar-refractivity contribution in [3.05, 3.63) is 71.2 Å². The number of nitrogens with zero attached hydrogens (tertiary/aromatic N) is 1. The average Bonchev–Trinajstić information content (AvgIpc) is 2.62. The van der Waals surface area contributed by atoms with Crippen molar-refractivity contribution in [2.75, 3.05) is 18.1 Å². The fourth-order valence-corrected chi connectivity index (χ4v) is 3.10.